The molecule has 1 atom stereocenters. The van der Waals surface area contributed by atoms with Crippen LogP contribution in [0.2, 0.25) is 0 Å². The number of pyridine rings is 1. The number of rotatable bonds is 6. The highest BCUT2D eigenvalue weighted by Gasteiger charge is 2.50. The van der Waals surface area contributed by atoms with Crippen LogP contribution in [0.15, 0.2) is 73.1 Å². The number of aryl methyl sites for hydroxylation is 2. The third kappa shape index (κ3) is 3.81. The van der Waals surface area contributed by atoms with E-state index in [1.807, 2.05) is 68.4 Å². The predicted molar refractivity (Wildman–Crippen MR) is 106 cm³/mol. The lowest BCUT2D eigenvalue weighted by Crippen LogP contribution is -2.56. The summed E-state index contributed by atoms with van der Waals surface area (Å²) in [5, 5.41) is 11.5. The van der Waals surface area contributed by atoms with Gasteiger partial charge in [0.25, 0.3) is 5.79 Å². The molecular formula is C23H25NO3. The Morgan fingerprint density at radius 3 is 1.74 bits per heavy atom. The maximum absolute atomic E-state index is 11.5. The van der Waals surface area contributed by atoms with Gasteiger partial charge in [0.15, 0.2) is 5.60 Å². The number of para-hydroxylation sites is 2. The van der Waals surface area contributed by atoms with E-state index >= 15 is 0 Å². The van der Waals surface area contributed by atoms with E-state index in [2.05, 4.69) is 4.98 Å². The van der Waals surface area contributed by atoms with Crippen molar-refractivity contribution in [2.75, 3.05) is 0 Å². The zero-order valence-electron chi connectivity index (χ0n) is 16.1. The van der Waals surface area contributed by atoms with Gasteiger partial charge in [-0.3, -0.25) is 4.98 Å². The Morgan fingerprint density at radius 1 is 0.778 bits per heavy atom. The van der Waals surface area contributed by atoms with Gasteiger partial charge in [0, 0.05) is 24.9 Å². The van der Waals surface area contributed by atoms with Gasteiger partial charge >= 0.3 is 0 Å². The molecule has 3 aromatic rings. The van der Waals surface area contributed by atoms with E-state index in [0.29, 0.717) is 17.1 Å². The molecule has 4 heteroatoms. The second-order valence-corrected chi connectivity index (χ2v) is 6.99. The van der Waals surface area contributed by atoms with Crippen molar-refractivity contribution in [1.82, 2.24) is 4.98 Å². The summed E-state index contributed by atoms with van der Waals surface area (Å²) in [5.74, 6) is -0.0932. The van der Waals surface area contributed by atoms with Crippen LogP contribution in [-0.4, -0.2) is 15.9 Å². The van der Waals surface area contributed by atoms with Gasteiger partial charge in [-0.1, -0.05) is 42.5 Å². The molecule has 4 nitrogen and oxygen atoms in total. The van der Waals surface area contributed by atoms with Gasteiger partial charge in [0.05, 0.1) is 0 Å². The number of aromatic nitrogens is 1. The van der Waals surface area contributed by atoms with Crippen LogP contribution in [0.5, 0.6) is 11.5 Å². The molecule has 0 fully saturated rings. The monoisotopic (exact) mass is 363 g/mol. The van der Waals surface area contributed by atoms with E-state index in [0.717, 1.165) is 11.1 Å². The fourth-order valence-corrected chi connectivity index (χ4v) is 2.89. The van der Waals surface area contributed by atoms with Crippen molar-refractivity contribution in [3.63, 3.8) is 0 Å². The highest BCUT2D eigenvalue weighted by Crippen LogP contribution is 2.39. The van der Waals surface area contributed by atoms with Crippen molar-refractivity contribution in [3.8, 4) is 11.5 Å². The average molecular weight is 363 g/mol. The summed E-state index contributed by atoms with van der Waals surface area (Å²) in [5.41, 5.74) is 1.05. The molecule has 1 heterocycles. The fraction of sp³-hybridized carbons (Fsp3) is 0.261. The maximum Gasteiger partial charge on any atom is 0.281 e. The highest BCUT2D eigenvalue weighted by molar-refractivity contribution is 5.36. The summed E-state index contributed by atoms with van der Waals surface area (Å²) in [6, 6.07) is 18.9. The molecule has 0 radical (unpaired) electrons. The van der Waals surface area contributed by atoms with E-state index in [1.165, 1.54) is 0 Å². The molecule has 2 aromatic carbocycles. The van der Waals surface area contributed by atoms with Gasteiger partial charge in [-0.05, 0) is 50.1 Å². The number of nitrogens with zero attached hydrogens (tertiary/aromatic N) is 1. The van der Waals surface area contributed by atoms with E-state index in [4.69, 9.17) is 9.47 Å². The second-order valence-electron chi connectivity index (χ2n) is 6.99. The Bertz CT molecular complexity index is 859. The Labute approximate surface area is 160 Å². The standard InChI is InChI=1S/C23H25NO3/c1-17-10-5-7-13-20(17)26-23(4,27-21-14-8-6-11-18(21)2)22(3,25)19-12-9-15-24-16-19/h5-16,25H,1-4H3. The summed E-state index contributed by atoms with van der Waals surface area (Å²) < 4.78 is 12.6. The number of ether oxygens (including phenoxy) is 2. The van der Waals surface area contributed by atoms with Crippen LogP contribution in [0.4, 0.5) is 0 Å². The minimum Gasteiger partial charge on any atom is -0.449 e. The first-order valence-corrected chi connectivity index (χ1v) is 8.96. The Hall–Kier alpha value is -2.85. The van der Waals surface area contributed by atoms with Crippen molar-refractivity contribution >= 4 is 0 Å². The van der Waals surface area contributed by atoms with Crippen LogP contribution in [0.1, 0.15) is 30.5 Å². The van der Waals surface area contributed by atoms with Gasteiger partial charge in [-0.2, -0.15) is 0 Å². The SMILES string of the molecule is Cc1ccccc1OC(C)(Oc1ccccc1C)C(C)(O)c1cccnc1. The predicted octanol–water partition coefficient (Wildman–Crippen LogP) is 4.78. The summed E-state index contributed by atoms with van der Waals surface area (Å²) in [6.45, 7) is 7.35. The van der Waals surface area contributed by atoms with Crippen molar-refractivity contribution in [2.45, 2.75) is 39.1 Å². The molecule has 140 valence electrons. The van der Waals surface area contributed by atoms with E-state index in [1.54, 1.807) is 32.3 Å². The molecule has 0 saturated carbocycles. The third-order valence-corrected chi connectivity index (χ3v) is 4.90. The summed E-state index contributed by atoms with van der Waals surface area (Å²) in [4.78, 5) is 4.14. The van der Waals surface area contributed by atoms with Crippen molar-refractivity contribution in [1.29, 1.82) is 0 Å². The molecule has 1 aromatic heterocycles. The van der Waals surface area contributed by atoms with E-state index < -0.39 is 11.4 Å². The van der Waals surface area contributed by atoms with Crippen molar-refractivity contribution in [2.24, 2.45) is 0 Å². The minimum absolute atomic E-state index is 0.606. The van der Waals surface area contributed by atoms with Crippen molar-refractivity contribution in [3.05, 3.63) is 89.7 Å². The first-order chi connectivity index (χ1) is 12.8. The molecular weight excluding hydrogens is 338 g/mol. The van der Waals surface area contributed by atoms with Gasteiger partial charge in [0.2, 0.25) is 0 Å². The summed E-state index contributed by atoms with van der Waals surface area (Å²) >= 11 is 0. The smallest absolute Gasteiger partial charge is 0.281 e. The van der Waals surface area contributed by atoms with Crippen LogP contribution in [0.3, 0.4) is 0 Å². The first kappa shape index (κ1) is 18.9. The molecule has 1 N–H and O–H groups in total. The Morgan fingerprint density at radius 2 is 1.30 bits per heavy atom. The fourth-order valence-electron chi connectivity index (χ4n) is 2.89. The number of benzene rings is 2. The van der Waals surface area contributed by atoms with Crippen LogP contribution >= 0.6 is 0 Å². The molecule has 0 aliphatic heterocycles. The molecule has 0 aliphatic rings. The quantitative estimate of drug-likeness (QED) is 0.640. The number of hydrogen-bond donors (Lipinski definition) is 1. The van der Waals surface area contributed by atoms with Gasteiger partial charge in [0.1, 0.15) is 11.5 Å². The van der Waals surface area contributed by atoms with Crippen molar-refractivity contribution < 1.29 is 14.6 Å². The molecule has 0 amide bonds. The maximum atomic E-state index is 11.5. The van der Waals surface area contributed by atoms with Crippen LogP contribution < -0.4 is 9.47 Å². The normalized spacial score (nSPS) is 13.7. The van der Waals surface area contributed by atoms with Gasteiger partial charge in [-0.15, -0.1) is 0 Å². The number of hydrogen-bond acceptors (Lipinski definition) is 4. The zero-order valence-corrected chi connectivity index (χ0v) is 16.1. The molecule has 0 saturated heterocycles. The minimum atomic E-state index is -1.47. The lowest BCUT2D eigenvalue weighted by Gasteiger charge is -2.42. The molecule has 1 unspecified atom stereocenters. The molecule has 0 bridgehead atoms. The molecule has 27 heavy (non-hydrogen) atoms. The average Bonchev–Trinajstić information content (AvgIpc) is 2.66. The largest absolute Gasteiger partial charge is 0.449 e. The highest BCUT2D eigenvalue weighted by atomic mass is 16.7. The van der Waals surface area contributed by atoms with Crippen LogP contribution in [0.25, 0.3) is 0 Å². The van der Waals surface area contributed by atoms with Gasteiger partial charge in [-0.25, -0.2) is 0 Å². The summed E-state index contributed by atoms with van der Waals surface area (Å²) in [7, 11) is 0. The van der Waals surface area contributed by atoms with E-state index in [-0.39, 0.29) is 0 Å². The zero-order chi connectivity index (χ0) is 19.5. The summed E-state index contributed by atoms with van der Waals surface area (Å²) in [6.07, 6.45) is 3.29. The number of aliphatic hydroxyl groups is 1. The van der Waals surface area contributed by atoms with Gasteiger partial charge < -0.3 is 14.6 Å². The third-order valence-electron chi connectivity index (χ3n) is 4.90. The molecule has 3 rings (SSSR count). The van der Waals surface area contributed by atoms with E-state index in [9.17, 15) is 5.11 Å². The lowest BCUT2D eigenvalue weighted by atomic mass is 9.88. The molecule has 0 spiro atoms. The Balaban J connectivity index is 2.08. The molecule has 0 aliphatic carbocycles. The van der Waals surface area contributed by atoms with Crippen LogP contribution in [0, 0.1) is 13.8 Å². The topological polar surface area (TPSA) is 51.6 Å². The lowest BCUT2D eigenvalue weighted by molar-refractivity contribution is -0.229. The Kier molecular flexibility index (Phi) is 5.19. The second kappa shape index (κ2) is 7.41. The van der Waals surface area contributed by atoms with Crippen LogP contribution in [-0.2, 0) is 5.60 Å². The first-order valence-electron chi connectivity index (χ1n) is 8.96.